The summed E-state index contributed by atoms with van der Waals surface area (Å²) in [4.78, 5) is 0.231. The van der Waals surface area contributed by atoms with E-state index in [1.807, 2.05) is 31.2 Å². The number of benzene rings is 2. The van der Waals surface area contributed by atoms with Gasteiger partial charge in [-0.15, -0.1) is 0 Å². The van der Waals surface area contributed by atoms with Crippen LogP contribution in [0.5, 0.6) is 0 Å². The molecule has 0 radical (unpaired) electrons. The van der Waals surface area contributed by atoms with Crippen molar-refractivity contribution in [1.29, 1.82) is 0 Å². The van der Waals surface area contributed by atoms with E-state index in [-0.39, 0.29) is 4.90 Å². The maximum absolute atomic E-state index is 12.6. The molecule has 7 heteroatoms. The number of aryl methyl sites for hydroxylation is 1. The average molecular weight is 420 g/mol. The van der Waals surface area contributed by atoms with Crippen LogP contribution >= 0.6 is 15.9 Å². The SMILES string of the molecule is Cc1nn(Cc2ccc(Br)cc2)c(C)c1NS(=O)(=O)c1ccccc1. The van der Waals surface area contributed by atoms with Crippen molar-refractivity contribution in [1.82, 2.24) is 9.78 Å². The van der Waals surface area contributed by atoms with Gasteiger partial charge in [-0.25, -0.2) is 8.42 Å². The van der Waals surface area contributed by atoms with E-state index >= 15 is 0 Å². The van der Waals surface area contributed by atoms with Crippen molar-refractivity contribution >= 4 is 31.6 Å². The Balaban J connectivity index is 1.88. The lowest BCUT2D eigenvalue weighted by Crippen LogP contribution is -2.14. The number of sulfonamides is 1. The molecule has 1 N–H and O–H groups in total. The Labute approximate surface area is 155 Å². The number of nitrogens with zero attached hydrogens (tertiary/aromatic N) is 2. The molecule has 0 aliphatic rings. The zero-order chi connectivity index (χ0) is 18.0. The molecule has 0 aliphatic carbocycles. The van der Waals surface area contributed by atoms with Gasteiger partial charge in [-0.2, -0.15) is 5.10 Å². The van der Waals surface area contributed by atoms with Crippen LogP contribution in [0.1, 0.15) is 17.0 Å². The molecule has 3 rings (SSSR count). The van der Waals surface area contributed by atoms with Crippen molar-refractivity contribution in [3.05, 3.63) is 76.0 Å². The number of hydrogen-bond donors (Lipinski definition) is 1. The second-order valence-corrected chi connectivity index (χ2v) is 8.35. The third kappa shape index (κ3) is 3.93. The van der Waals surface area contributed by atoms with Crippen molar-refractivity contribution in [2.45, 2.75) is 25.3 Å². The topological polar surface area (TPSA) is 64.0 Å². The van der Waals surface area contributed by atoms with Gasteiger partial charge >= 0.3 is 0 Å². The minimum absolute atomic E-state index is 0.231. The van der Waals surface area contributed by atoms with Gasteiger partial charge in [-0.1, -0.05) is 46.3 Å². The lowest BCUT2D eigenvalue weighted by molar-refractivity contribution is 0.601. The Morgan fingerprint density at radius 2 is 1.68 bits per heavy atom. The van der Waals surface area contributed by atoms with Crippen molar-refractivity contribution < 1.29 is 8.42 Å². The lowest BCUT2D eigenvalue weighted by Gasteiger charge is -2.09. The van der Waals surface area contributed by atoms with Gasteiger partial charge in [0.1, 0.15) is 0 Å². The molecule has 0 amide bonds. The van der Waals surface area contributed by atoms with Gasteiger partial charge < -0.3 is 0 Å². The van der Waals surface area contributed by atoms with Crippen LogP contribution in [0, 0.1) is 13.8 Å². The Bertz CT molecular complexity index is 981. The largest absolute Gasteiger partial charge is 0.276 e. The van der Waals surface area contributed by atoms with Crippen molar-refractivity contribution in [3.63, 3.8) is 0 Å². The van der Waals surface area contributed by atoms with Gasteiger partial charge in [0.05, 0.1) is 28.5 Å². The first-order valence-electron chi connectivity index (χ1n) is 7.73. The molecule has 0 saturated carbocycles. The minimum atomic E-state index is -3.63. The molecule has 0 saturated heterocycles. The summed E-state index contributed by atoms with van der Waals surface area (Å²) in [5.74, 6) is 0. The van der Waals surface area contributed by atoms with Crippen LogP contribution in [0.2, 0.25) is 0 Å². The molecule has 1 heterocycles. The lowest BCUT2D eigenvalue weighted by atomic mass is 10.2. The second kappa shape index (κ2) is 7.01. The third-order valence-corrected chi connectivity index (χ3v) is 5.81. The van der Waals surface area contributed by atoms with Crippen LogP contribution in [-0.4, -0.2) is 18.2 Å². The van der Waals surface area contributed by atoms with Crippen LogP contribution < -0.4 is 4.72 Å². The van der Waals surface area contributed by atoms with E-state index in [2.05, 4.69) is 25.8 Å². The van der Waals surface area contributed by atoms with Crippen LogP contribution in [-0.2, 0) is 16.6 Å². The maximum atomic E-state index is 12.6. The maximum Gasteiger partial charge on any atom is 0.262 e. The first kappa shape index (κ1) is 17.7. The number of anilines is 1. The predicted molar refractivity (Wildman–Crippen MR) is 102 cm³/mol. The summed E-state index contributed by atoms with van der Waals surface area (Å²) in [6.45, 7) is 4.24. The van der Waals surface area contributed by atoms with Gasteiger partial charge in [0.25, 0.3) is 10.0 Å². The van der Waals surface area contributed by atoms with Gasteiger partial charge in [-0.3, -0.25) is 9.40 Å². The monoisotopic (exact) mass is 419 g/mol. The van der Waals surface area contributed by atoms with Crippen molar-refractivity contribution in [2.75, 3.05) is 4.72 Å². The highest BCUT2D eigenvalue weighted by molar-refractivity contribution is 9.10. The molecule has 5 nitrogen and oxygen atoms in total. The molecule has 1 aromatic heterocycles. The van der Waals surface area contributed by atoms with Crippen LogP contribution in [0.25, 0.3) is 0 Å². The fraction of sp³-hybridized carbons (Fsp3) is 0.167. The van der Waals surface area contributed by atoms with E-state index in [9.17, 15) is 8.42 Å². The summed E-state index contributed by atoms with van der Waals surface area (Å²) in [5, 5.41) is 4.48. The van der Waals surface area contributed by atoms with Crippen molar-refractivity contribution in [3.8, 4) is 0 Å². The number of aromatic nitrogens is 2. The predicted octanol–water partition coefficient (Wildman–Crippen LogP) is 4.11. The fourth-order valence-corrected chi connectivity index (χ4v) is 4.02. The van der Waals surface area contributed by atoms with Crippen LogP contribution in [0.4, 0.5) is 5.69 Å². The highest BCUT2D eigenvalue weighted by atomic mass is 79.9. The van der Waals surface area contributed by atoms with E-state index in [0.29, 0.717) is 17.9 Å². The number of halogens is 1. The van der Waals surface area contributed by atoms with E-state index < -0.39 is 10.0 Å². The Kier molecular flexibility index (Phi) is 4.96. The first-order chi connectivity index (χ1) is 11.9. The van der Waals surface area contributed by atoms with E-state index in [0.717, 1.165) is 15.7 Å². The molecule has 130 valence electrons. The summed E-state index contributed by atoms with van der Waals surface area (Å²) in [5.41, 5.74) is 3.04. The molecular weight excluding hydrogens is 402 g/mol. The Morgan fingerprint density at radius 3 is 2.32 bits per heavy atom. The van der Waals surface area contributed by atoms with E-state index in [1.165, 1.54) is 0 Å². The quantitative estimate of drug-likeness (QED) is 0.676. The van der Waals surface area contributed by atoms with E-state index in [1.54, 1.807) is 41.9 Å². The van der Waals surface area contributed by atoms with Gasteiger partial charge in [-0.05, 0) is 43.7 Å². The smallest absolute Gasteiger partial charge is 0.262 e. The number of rotatable bonds is 5. The molecule has 0 fully saturated rings. The van der Waals surface area contributed by atoms with Crippen molar-refractivity contribution in [2.24, 2.45) is 0 Å². The first-order valence-corrected chi connectivity index (χ1v) is 10.0. The fourth-order valence-electron chi connectivity index (χ4n) is 2.55. The summed E-state index contributed by atoms with van der Waals surface area (Å²) >= 11 is 3.42. The molecule has 0 aliphatic heterocycles. The molecule has 0 bridgehead atoms. The zero-order valence-electron chi connectivity index (χ0n) is 13.9. The normalized spacial score (nSPS) is 11.5. The number of nitrogens with one attached hydrogen (secondary N) is 1. The van der Waals surface area contributed by atoms with Crippen LogP contribution in [0.15, 0.2) is 64.0 Å². The van der Waals surface area contributed by atoms with Gasteiger partial charge in [0.2, 0.25) is 0 Å². The zero-order valence-corrected chi connectivity index (χ0v) is 16.3. The molecular formula is C18H18BrN3O2S. The molecule has 3 aromatic rings. The average Bonchev–Trinajstić information content (AvgIpc) is 2.85. The highest BCUT2D eigenvalue weighted by Crippen LogP contribution is 2.24. The molecule has 0 atom stereocenters. The minimum Gasteiger partial charge on any atom is -0.276 e. The Hall–Kier alpha value is -2.12. The number of hydrogen-bond acceptors (Lipinski definition) is 3. The summed E-state index contributed by atoms with van der Waals surface area (Å²) in [6, 6.07) is 16.3. The van der Waals surface area contributed by atoms with Gasteiger partial charge in [0, 0.05) is 4.47 Å². The highest BCUT2D eigenvalue weighted by Gasteiger charge is 2.19. The second-order valence-electron chi connectivity index (χ2n) is 5.75. The van der Waals surface area contributed by atoms with Crippen LogP contribution in [0.3, 0.4) is 0 Å². The van der Waals surface area contributed by atoms with Gasteiger partial charge in [0.15, 0.2) is 0 Å². The molecule has 0 unspecified atom stereocenters. The molecule has 2 aromatic carbocycles. The third-order valence-electron chi connectivity index (χ3n) is 3.92. The summed E-state index contributed by atoms with van der Waals surface area (Å²) < 4.78 is 30.6. The molecule has 0 spiro atoms. The summed E-state index contributed by atoms with van der Waals surface area (Å²) in [7, 11) is -3.63. The summed E-state index contributed by atoms with van der Waals surface area (Å²) in [6.07, 6.45) is 0. The van der Waals surface area contributed by atoms with E-state index in [4.69, 9.17) is 0 Å². The molecule has 25 heavy (non-hydrogen) atoms. The Morgan fingerprint density at radius 1 is 1.04 bits per heavy atom. The standard InChI is InChI=1S/C18H18BrN3O2S/c1-13-18(21-25(23,24)17-6-4-3-5-7-17)14(2)22(20-13)12-15-8-10-16(19)11-9-15/h3-11,21H,12H2,1-2H3.